The molecule has 28 heavy (non-hydrogen) atoms. The van der Waals surface area contributed by atoms with E-state index in [9.17, 15) is 4.79 Å². The fourth-order valence-electron chi connectivity index (χ4n) is 3.74. The molecular formula is C21H26N6O. The van der Waals surface area contributed by atoms with Crippen LogP contribution in [0.1, 0.15) is 29.6 Å². The lowest BCUT2D eigenvalue weighted by atomic mass is 10.1. The summed E-state index contributed by atoms with van der Waals surface area (Å²) in [4.78, 5) is 21.5. The lowest BCUT2D eigenvalue weighted by molar-refractivity contribution is 0.0763. The van der Waals surface area contributed by atoms with Crippen molar-refractivity contribution in [2.75, 3.05) is 37.4 Å². The van der Waals surface area contributed by atoms with Crippen molar-refractivity contribution in [1.29, 1.82) is 0 Å². The van der Waals surface area contributed by atoms with Gasteiger partial charge in [0.05, 0.1) is 29.2 Å². The van der Waals surface area contributed by atoms with Crippen LogP contribution < -0.4 is 10.2 Å². The molecule has 0 bridgehead atoms. The summed E-state index contributed by atoms with van der Waals surface area (Å²) >= 11 is 0. The van der Waals surface area contributed by atoms with E-state index in [1.165, 1.54) is 0 Å². The smallest absolute Gasteiger partial charge is 0.254 e. The minimum Gasteiger partial charge on any atom is -0.381 e. The quantitative estimate of drug-likeness (QED) is 0.729. The molecule has 0 radical (unpaired) electrons. The number of aromatic amines is 1. The second-order valence-corrected chi connectivity index (χ2v) is 7.50. The zero-order valence-electron chi connectivity index (χ0n) is 16.4. The molecule has 1 aliphatic heterocycles. The molecule has 7 nitrogen and oxygen atoms in total. The summed E-state index contributed by atoms with van der Waals surface area (Å²) in [6, 6.07) is 10.2. The van der Waals surface area contributed by atoms with E-state index in [2.05, 4.69) is 26.6 Å². The molecule has 1 amide bonds. The van der Waals surface area contributed by atoms with Crippen LogP contribution in [-0.2, 0) is 0 Å². The predicted molar refractivity (Wildman–Crippen MR) is 112 cm³/mol. The number of rotatable bonds is 4. The molecule has 1 fully saturated rings. The van der Waals surface area contributed by atoms with E-state index in [-0.39, 0.29) is 5.91 Å². The van der Waals surface area contributed by atoms with Crippen LogP contribution >= 0.6 is 0 Å². The Kier molecular flexibility index (Phi) is 5.14. The molecule has 1 saturated heterocycles. The third-order valence-corrected chi connectivity index (χ3v) is 5.31. The van der Waals surface area contributed by atoms with Crippen LogP contribution in [0.2, 0.25) is 0 Å². The van der Waals surface area contributed by atoms with Gasteiger partial charge in [0.15, 0.2) is 0 Å². The number of anilines is 2. The Morgan fingerprint density at radius 3 is 2.86 bits per heavy atom. The normalized spacial score (nSPS) is 17.4. The highest BCUT2D eigenvalue weighted by Gasteiger charge is 2.23. The standard InChI is InChI=1S/C21H26N6O/c1-26(2)20-9-8-16(13-22-20)24-15-5-4-11-27(12-10-15)21(28)17-6-3-7-19-18(17)14-23-25-19/h3,6-9,13-15,24H,4-5,10-12H2,1-2H3,(H,23,25). The van der Waals surface area contributed by atoms with Gasteiger partial charge in [-0.3, -0.25) is 9.89 Å². The van der Waals surface area contributed by atoms with Gasteiger partial charge >= 0.3 is 0 Å². The van der Waals surface area contributed by atoms with Crippen LogP contribution in [0.15, 0.2) is 42.7 Å². The lowest BCUT2D eigenvalue weighted by Crippen LogP contribution is -2.32. The van der Waals surface area contributed by atoms with E-state index >= 15 is 0 Å². The van der Waals surface area contributed by atoms with Crippen molar-refractivity contribution in [1.82, 2.24) is 20.1 Å². The van der Waals surface area contributed by atoms with E-state index in [1.54, 1.807) is 6.20 Å². The average molecular weight is 378 g/mol. The maximum atomic E-state index is 13.1. The Balaban J connectivity index is 1.41. The van der Waals surface area contributed by atoms with Crippen LogP contribution in [0, 0.1) is 0 Å². The van der Waals surface area contributed by atoms with Crippen LogP contribution in [0.3, 0.4) is 0 Å². The Hall–Kier alpha value is -3.09. The monoisotopic (exact) mass is 378 g/mol. The molecule has 1 aliphatic rings. The molecule has 3 aromatic rings. The van der Waals surface area contributed by atoms with Crippen molar-refractivity contribution >= 4 is 28.3 Å². The number of fused-ring (bicyclic) bond motifs is 1. The maximum absolute atomic E-state index is 13.1. The highest BCUT2D eigenvalue weighted by Crippen LogP contribution is 2.22. The number of benzene rings is 1. The topological polar surface area (TPSA) is 77.1 Å². The van der Waals surface area contributed by atoms with Crippen LogP contribution in [-0.4, -0.2) is 59.2 Å². The molecule has 1 aromatic carbocycles. The fraction of sp³-hybridized carbons (Fsp3) is 0.381. The summed E-state index contributed by atoms with van der Waals surface area (Å²) < 4.78 is 0. The first-order chi connectivity index (χ1) is 13.6. The first-order valence-corrected chi connectivity index (χ1v) is 9.73. The minimum atomic E-state index is 0.0876. The summed E-state index contributed by atoms with van der Waals surface area (Å²) in [5.74, 6) is 1.03. The highest BCUT2D eigenvalue weighted by molar-refractivity contribution is 6.06. The number of nitrogens with one attached hydrogen (secondary N) is 2. The van der Waals surface area contributed by atoms with E-state index in [0.717, 1.165) is 60.3 Å². The van der Waals surface area contributed by atoms with E-state index in [4.69, 9.17) is 0 Å². The lowest BCUT2D eigenvalue weighted by Gasteiger charge is -2.21. The molecule has 3 heterocycles. The zero-order valence-corrected chi connectivity index (χ0v) is 16.4. The third-order valence-electron chi connectivity index (χ3n) is 5.31. The Morgan fingerprint density at radius 2 is 2.07 bits per heavy atom. The summed E-state index contributed by atoms with van der Waals surface area (Å²) in [6.45, 7) is 1.52. The summed E-state index contributed by atoms with van der Waals surface area (Å²) in [6.07, 6.45) is 6.55. The highest BCUT2D eigenvalue weighted by atomic mass is 16.2. The minimum absolute atomic E-state index is 0.0876. The molecule has 2 N–H and O–H groups in total. The molecule has 0 saturated carbocycles. The number of hydrogen-bond donors (Lipinski definition) is 2. The van der Waals surface area contributed by atoms with Gasteiger partial charge in [-0.15, -0.1) is 0 Å². The average Bonchev–Trinajstić information content (AvgIpc) is 3.07. The number of hydrogen-bond acceptors (Lipinski definition) is 5. The molecular weight excluding hydrogens is 352 g/mol. The third kappa shape index (κ3) is 3.78. The van der Waals surface area contributed by atoms with E-state index in [0.29, 0.717) is 6.04 Å². The number of amides is 1. The second kappa shape index (κ2) is 7.88. The number of nitrogens with zero attached hydrogens (tertiary/aromatic N) is 4. The summed E-state index contributed by atoms with van der Waals surface area (Å²) in [5, 5.41) is 11.5. The van der Waals surface area contributed by atoms with Gasteiger partial charge in [0.2, 0.25) is 0 Å². The molecule has 1 atom stereocenters. The molecule has 2 aromatic heterocycles. The van der Waals surface area contributed by atoms with Gasteiger partial charge in [-0.05, 0) is 43.5 Å². The number of pyridine rings is 1. The van der Waals surface area contributed by atoms with Crippen molar-refractivity contribution in [2.45, 2.75) is 25.3 Å². The van der Waals surface area contributed by atoms with Gasteiger partial charge in [0, 0.05) is 38.6 Å². The fourth-order valence-corrected chi connectivity index (χ4v) is 3.74. The number of carbonyl (C=O) groups excluding carboxylic acids is 1. The van der Waals surface area contributed by atoms with Crippen molar-refractivity contribution < 1.29 is 4.79 Å². The molecule has 1 unspecified atom stereocenters. The molecule has 0 spiro atoms. The first kappa shape index (κ1) is 18.3. The zero-order chi connectivity index (χ0) is 19.5. The van der Waals surface area contributed by atoms with Crippen molar-refractivity contribution in [3.05, 3.63) is 48.3 Å². The number of aromatic nitrogens is 3. The van der Waals surface area contributed by atoms with Gasteiger partial charge in [0.25, 0.3) is 5.91 Å². The van der Waals surface area contributed by atoms with Gasteiger partial charge < -0.3 is 15.1 Å². The number of carbonyl (C=O) groups is 1. The molecule has 0 aliphatic carbocycles. The Bertz CT molecular complexity index is 949. The van der Waals surface area contributed by atoms with Crippen LogP contribution in [0.5, 0.6) is 0 Å². The molecule has 4 rings (SSSR count). The number of likely N-dealkylation sites (tertiary alicyclic amines) is 1. The van der Waals surface area contributed by atoms with E-state index in [1.807, 2.05) is 54.4 Å². The largest absolute Gasteiger partial charge is 0.381 e. The molecule has 146 valence electrons. The van der Waals surface area contributed by atoms with Gasteiger partial charge in [-0.2, -0.15) is 5.10 Å². The van der Waals surface area contributed by atoms with Crippen molar-refractivity contribution in [3.8, 4) is 0 Å². The summed E-state index contributed by atoms with van der Waals surface area (Å²) in [7, 11) is 3.97. The summed E-state index contributed by atoms with van der Waals surface area (Å²) in [5.41, 5.74) is 2.65. The number of H-pyrrole nitrogens is 1. The predicted octanol–water partition coefficient (Wildman–Crippen LogP) is 3.13. The van der Waals surface area contributed by atoms with Gasteiger partial charge in [-0.1, -0.05) is 6.07 Å². The first-order valence-electron chi connectivity index (χ1n) is 9.73. The SMILES string of the molecule is CN(C)c1ccc(NC2CCCN(C(=O)c3cccc4[nH]ncc34)CC2)cn1. The van der Waals surface area contributed by atoms with Crippen LogP contribution in [0.4, 0.5) is 11.5 Å². The van der Waals surface area contributed by atoms with Crippen LogP contribution in [0.25, 0.3) is 10.9 Å². The van der Waals surface area contributed by atoms with Crippen molar-refractivity contribution in [3.63, 3.8) is 0 Å². The maximum Gasteiger partial charge on any atom is 0.254 e. The molecule has 7 heteroatoms. The van der Waals surface area contributed by atoms with Gasteiger partial charge in [0.1, 0.15) is 5.82 Å². The van der Waals surface area contributed by atoms with Crippen molar-refractivity contribution in [2.24, 2.45) is 0 Å². The van der Waals surface area contributed by atoms with E-state index < -0.39 is 0 Å². The Morgan fingerprint density at radius 1 is 1.18 bits per heavy atom. The van der Waals surface area contributed by atoms with Gasteiger partial charge in [-0.25, -0.2) is 4.98 Å². The Labute approximate surface area is 164 Å². The second-order valence-electron chi connectivity index (χ2n) is 7.50.